The van der Waals surface area contributed by atoms with Gasteiger partial charge in [-0.3, -0.25) is 9.20 Å². The minimum Gasteiger partial charge on any atom is -0.268 e. The molecule has 0 radical (unpaired) electrons. The number of aromatic nitrogens is 2. The van der Waals surface area contributed by atoms with Gasteiger partial charge in [-0.1, -0.05) is 24.3 Å². The molecule has 0 amide bonds. The first kappa shape index (κ1) is 19.9. The largest absolute Gasteiger partial charge is 0.434 e. The van der Waals surface area contributed by atoms with Gasteiger partial charge in [-0.15, -0.1) is 0 Å². The van der Waals surface area contributed by atoms with Crippen molar-refractivity contribution in [1.29, 1.82) is 0 Å². The van der Waals surface area contributed by atoms with Gasteiger partial charge in [0, 0.05) is 12.6 Å². The van der Waals surface area contributed by atoms with Crippen LogP contribution in [0, 0.1) is 6.92 Å². The molecule has 0 fully saturated rings. The van der Waals surface area contributed by atoms with Gasteiger partial charge < -0.3 is 0 Å². The molecule has 2 heterocycles. The van der Waals surface area contributed by atoms with Crippen molar-refractivity contribution in [2.75, 3.05) is 0 Å². The van der Waals surface area contributed by atoms with Crippen LogP contribution in [0.15, 0.2) is 47.4 Å². The van der Waals surface area contributed by atoms with Crippen LogP contribution in [0.3, 0.4) is 0 Å². The van der Waals surface area contributed by atoms with Crippen molar-refractivity contribution >= 4 is 5.65 Å². The minimum atomic E-state index is -4.87. The van der Waals surface area contributed by atoms with E-state index in [1.54, 1.807) is 13.0 Å². The monoisotopic (exact) mass is 400 g/mol. The highest BCUT2D eigenvalue weighted by Gasteiger charge is 2.38. The van der Waals surface area contributed by atoms with E-state index in [2.05, 4.69) is 4.98 Å². The number of fused-ring (bicyclic) bond motifs is 1. The average Bonchev–Trinajstić information content (AvgIpc) is 2.59. The van der Waals surface area contributed by atoms with Gasteiger partial charge in [0.1, 0.15) is 5.65 Å². The highest BCUT2D eigenvalue weighted by Crippen LogP contribution is 2.34. The van der Waals surface area contributed by atoms with Gasteiger partial charge in [-0.05, 0) is 42.2 Å². The first-order chi connectivity index (χ1) is 13.0. The Balaban J connectivity index is 2.12. The third-order valence-corrected chi connectivity index (χ3v) is 4.19. The number of aryl methyl sites for hydroxylation is 2. The standard InChI is InChI=1S/C19H14F6N2O/c1-11-7-9-27-14(10-11)26-16(19(23,24)25)15(17(27)28)13-4-2-12(3-5-13)6-8-18(20,21)22/h2-5,7,9-10H,6,8H2,1H3. The van der Waals surface area contributed by atoms with Crippen molar-refractivity contribution in [2.45, 2.75) is 32.1 Å². The quantitative estimate of drug-likeness (QED) is 0.568. The predicted octanol–water partition coefficient (Wildman–Crippen LogP) is 5.18. The summed E-state index contributed by atoms with van der Waals surface area (Å²) in [6.07, 6.45) is -9.21. The number of benzene rings is 1. The normalized spacial score (nSPS) is 12.5. The lowest BCUT2D eigenvalue weighted by Crippen LogP contribution is -2.24. The van der Waals surface area contributed by atoms with Gasteiger partial charge in [0.2, 0.25) is 0 Å². The van der Waals surface area contributed by atoms with E-state index < -0.39 is 35.6 Å². The Kier molecular flexibility index (Phi) is 4.95. The molecule has 0 N–H and O–H groups in total. The molecule has 0 spiro atoms. The maximum absolute atomic E-state index is 13.5. The summed E-state index contributed by atoms with van der Waals surface area (Å²) in [5.74, 6) is 0. The number of hydrogen-bond acceptors (Lipinski definition) is 2. The molecule has 0 aliphatic heterocycles. The van der Waals surface area contributed by atoms with E-state index in [1.165, 1.54) is 36.5 Å². The molecule has 0 aliphatic carbocycles. The van der Waals surface area contributed by atoms with Crippen LogP contribution < -0.4 is 5.56 Å². The van der Waals surface area contributed by atoms with Crippen molar-refractivity contribution in [1.82, 2.24) is 9.38 Å². The minimum absolute atomic E-state index is 0.0597. The zero-order chi connectivity index (χ0) is 20.7. The second kappa shape index (κ2) is 6.96. The van der Waals surface area contributed by atoms with Gasteiger partial charge in [0.15, 0.2) is 5.69 Å². The van der Waals surface area contributed by atoms with Crippen LogP contribution >= 0.6 is 0 Å². The molecule has 0 aliphatic rings. The Morgan fingerprint density at radius 2 is 1.64 bits per heavy atom. The Bertz CT molecular complexity index is 1070. The zero-order valence-electron chi connectivity index (χ0n) is 14.5. The Labute approximate surface area is 155 Å². The topological polar surface area (TPSA) is 34.4 Å². The molecule has 0 saturated carbocycles. The summed E-state index contributed by atoms with van der Waals surface area (Å²) in [7, 11) is 0. The van der Waals surface area contributed by atoms with Crippen molar-refractivity contribution < 1.29 is 26.3 Å². The fourth-order valence-electron chi connectivity index (χ4n) is 2.83. The number of hydrogen-bond donors (Lipinski definition) is 0. The highest BCUT2D eigenvalue weighted by atomic mass is 19.4. The van der Waals surface area contributed by atoms with Crippen molar-refractivity contribution in [3.63, 3.8) is 0 Å². The number of alkyl halides is 6. The van der Waals surface area contributed by atoms with E-state index in [1.807, 2.05) is 0 Å². The number of rotatable bonds is 3. The molecule has 3 rings (SSSR count). The summed E-state index contributed by atoms with van der Waals surface area (Å²) >= 11 is 0. The summed E-state index contributed by atoms with van der Waals surface area (Å²) in [6, 6.07) is 7.91. The van der Waals surface area contributed by atoms with Crippen LogP contribution in [0.5, 0.6) is 0 Å². The van der Waals surface area contributed by atoms with Crippen LogP contribution in [0.4, 0.5) is 26.3 Å². The molecule has 148 valence electrons. The third-order valence-electron chi connectivity index (χ3n) is 4.19. The molecular weight excluding hydrogens is 386 g/mol. The molecule has 2 aromatic heterocycles. The van der Waals surface area contributed by atoms with Crippen molar-refractivity contribution in [3.05, 3.63) is 69.8 Å². The Morgan fingerprint density at radius 3 is 2.21 bits per heavy atom. The van der Waals surface area contributed by atoms with E-state index in [-0.39, 0.29) is 17.6 Å². The van der Waals surface area contributed by atoms with Crippen LogP contribution in [-0.2, 0) is 12.6 Å². The van der Waals surface area contributed by atoms with Gasteiger partial charge >= 0.3 is 12.4 Å². The SMILES string of the molecule is Cc1ccn2c(=O)c(-c3ccc(CCC(F)(F)F)cc3)c(C(F)(F)F)nc2c1. The molecule has 1 aromatic carbocycles. The predicted molar refractivity (Wildman–Crippen MR) is 91.0 cm³/mol. The summed E-state index contributed by atoms with van der Waals surface area (Å²) in [6.45, 7) is 1.66. The lowest BCUT2D eigenvalue weighted by atomic mass is 10.0. The molecule has 0 saturated heterocycles. The van der Waals surface area contributed by atoms with E-state index in [0.29, 0.717) is 11.1 Å². The lowest BCUT2D eigenvalue weighted by Gasteiger charge is -2.14. The molecule has 0 unspecified atom stereocenters. The molecule has 9 heteroatoms. The molecule has 3 nitrogen and oxygen atoms in total. The fourth-order valence-corrected chi connectivity index (χ4v) is 2.83. The molecular formula is C19H14F6N2O. The third kappa shape index (κ3) is 4.18. The summed E-state index contributed by atoms with van der Waals surface area (Å²) < 4.78 is 78.6. The van der Waals surface area contributed by atoms with E-state index in [9.17, 15) is 31.1 Å². The second-order valence-corrected chi connectivity index (χ2v) is 6.38. The second-order valence-electron chi connectivity index (χ2n) is 6.38. The van der Waals surface area contributed by atoms with Crippen molar-refractivity contribution in [2.24, 2.45) is 0 Å². The maximum atomic E-state index is 13.5. The Morgan fingerprint density at radius 1 is 1.00 bits per heavy atom. The van der Waals surface area contributed by atoms with Gasteiger partial charge in [-0.25, -0.2) is 4.98 Å². The summed E-state index contributed by atoms with van der Waals surface area (Å²) in [5, 5.41) is 0. The lowest BCUT2D eigenvalue weighted by molar-refractivity contribution is -0.140. The molecule has 3 aromatic rings. The van der Waals surface area contributed by atoms with E-state index in [0.717, 1.165) is 4.40 Å². The summed E-state index contributed by atoms with van der Waals surface area (Å²) in [4.78, 5) is 16.3. The van der Waals surface area contributed by atoms with Gasteiger partial charge in [-0.2, -0.15) is 26.3 Å². The van der Waals surface area contributed by atoms with Crippen LogP contribution in [0.1, 0.15) is 23.2 Å². The zero-order valence-corrected chi connectivity index (χ0v) is 14.5. The maximum Gasteiger partial charge on any atom is 0.434 e. The smallest absolute Gasteiger partial charge is 0.268 e. The molecule has 0 bridgehead atoms. The van der Waals surface area contributed by atoms with Crippen LogP contribution in [-0.4, -0.2) is 15.6 Å². The number of halogens is 6. The summed E-state index contributed by atoms with van der Waals surface area (Å²) in [5.41, 5.74) is -2.12. The van der Waals surface area contributed by atoms with Gasteiger partial charge in [0.25, 0.3) is 5.56 Å². The van der Waals surface area contributed by atoms with Gasteiger partial charge in [0.05, 0.1) is 5.56 Å². The first-order valence-corrected chi connectivity index (χ1v) is 8.22. The van der Waals surface area contributed by atoms with E-state index >= 15 is 0 Å². The number of nitrogens with zero attached hydrogens (tertiary/aromatic N) is 2. The first-order valence-electron chi connectivity index (χ1n) is 8.22. The Hall–Kier alpha value is -2.84. The van der Waals surface area contributed by atoms with Crippen LogP contribution in [0.25, 0.3) is 16.8 Å². The fraction of sp³-hybridized carbons (Fsp3) is 0.263. The molecule has 0 atom stereocenters. The highest BCUT2D eigenvalue weighted by molar-refractivity contribution is 5.67. The van der Waals surface area contributed by atoms with Crippen molar-refractivity contribution in [3.8, 4) is 11.1 Å². The van der Waals surface area contributed by atoms with E-state index in [4.69, 9.17) is 0 Å². The molecule has 28 heavy (non-hydrogen) atoms. The average molecular weight is 400 g/mol. The van der Waals surface area contributed by atoms with Crippen LogP contribution in [0.2, 0.25) is 0 Å². The number of pyridine rings is 1.